The molecule has 0 bridgehead atoms. The van der Waals surface area contributed by atoms with Gasteiger partial charge in [0.1, 0.15) is 15.9 Å². The highest BCUT2D eigenvalue weighted by molar-refractivity contribution is 6.53. The van der Waals surface area contributed by atoms with Crippen molar-refractivity contribution in [3.05, 3.63) is 88.7 Å². The van der Waals surface area contributed by atoms with Gasteiger partial charge in [0.2, 0.25) is 5.91 Å². The quantitative estimate of drug-likeness (QED) is 0.387. The minimum atomic E-state index is -1.26. The van der Waals surface area contributed by atoms with Crippen LogP contribution in [0.3, 0.4) is 0 Å². The number of anilines is 2. The van der Waals surface area contributed by atoms with Crippen LogP contribution < -0.4 is 15.4 Å². The van der Waals surface area contributed by atoms with E-state index in [1.807, 2.05) is 12.1 Å². The Hall–Kier alpha value is -2.80. The molecule has 4 rings (SSSR count). The Labute approximate surface area is 204 Å². The molecule has 1 fully saturated rings. The molecular formula is C24H18Cl3FN2O3. The smallest absolute Gasteiger partial charge is 0.257 e. The van der Waals surface area contributed by atoms with Crippen molar-refractivity contribution in [2.24, 2.45) is 5.92 Å². The van der Waals surface area contributed by atoms with Gasteiger partial charge in [0.15, 0.2) is 0 Å². The van der Waals surface area contributed by atoms with Crippen molar-refractivity contribution < 1.29 is 18.7 Å². The number of ether oxygens (including phenoxy) is 1. The molecule has 5 nitrogen and oxygen atoms in total. The van der Waals surface area contributed by atoms with Crippen molar-refractivity contribution in [1.29, 1.82) is 0 Å². The second kappa shape index (κ2) is 9.21. The van der Waals surface area contributed by atoms with E-state index < -0.39 is 22.0 Å². The summed E-state index contributed by atoms with van der Waals surface area (Å²) in [6.07, 6.45) is 0. The second-order valence-electron chi connectivity index (χ2n) is 7.55. The summed E-state index contributed by atoms with van der Waals surface area (Å²) in [5.74, 6) is -1.69. The summed E-state index contributed by atoms with van der Waals surface area (Å²) in [7, 11) is 1.57. The summed E-state index contributed by atoms with van der Waals surface area (Å²) in [4.78, 5) is 25.6. The Bertz CT molecular complexity index is 1200. The topological polar surface area (TPSA) is 67.4 Å². The third-order valence-corrected chi connectivity index (χ3v) is 6.66. The molecule has 3 aromatic carbocycles. The van der Waals surface area contributed by atoms with Gasteiger partial charge in [0, 0.05) is 17.3 Å². The van der Waals surface area contributed by atoms with Gasteiger partial charge in [-0.15, -0.1) is 23.2 Å². The van der Waals surface area contributed by atoms with E-state index in [2.05, 4.69) is 10.6 Å². The second-order valence-corrected chi connectivity index (χ2v) is 9.40. The molecule has 1 aliphatic rings. The van der Waals surface area contributed by atoms with Gasteiger partial charge in [-0.25, -0.2) is 4.39 Å². The summed E-state index contributed by atoms with van der Waals surface area (Å²) in [6, 6.07) is 17.0. The highest BCUT2D eigenvalue weighted by Gasteiger charge is 2.67. The molecule has 2 amide bonds. The van der Waals surface area contributed by atoms with Gasteiger partial charge in [-0.2, -0.15) is 0 Å². The zero-order chi connectivity index (χ0) is 23.8. The summed E-state index contributed by atoms with van der Waals surface area (Å²) in [6.45, 7) is 0. The summed E-state index contributed by atoms with van der Waals surface area (Å²) >= 11 is 19.0. The number of benzene rings is 3. The minimum absolute atomic E-state index is 0.143. The van der Waals surface area contributed by atoms with E-state index in [0.717, 1.165) is 5.56 Å². The normalized spacial score (nSPS) is 18.3. The minimum Gasteiger partial charge on any atom is -0.497 e. The first-order valence-corrected chi connectivity index (χ1v) is 11.0. The third-order valence-electron chi connectivity index (χ3n) is 5.39. The third kappa shape index (κ3) is 4.93. The number of hydrogen-bond donors (Lipinski definition) is 2. The number of methoxy groups -OCH3 is 1. The Balaban J connectivity index is 1.48. The Kier molecular flexibility index (Phi) is 6.52. The average Bonchev–Trinajstić information content (AvgIpc) is 3.38. The molecule has 170 valence electrons. The van der Waals surface area contributed by atoms with E-state index >= 15 is 0 Å². The van der Waals surface area contributed by atoms with Crippen molar-refractivity contribution in [3.8, 4) is 5.75 Å². The van der Waals surface area contributed by atoms with Crippen LogP contribution in [-0.4, -0.2) is 23.3 Å². The van der Waals surface area contributed by atoms with E-state index in [4.69, 9.17) is 39.5 Å². The van der Waals surface area contributed by atoms with Crippen molar-refractivity contribution in [2.75, 3.05) is 17.7 Å². The maximum absolute atomic E-state index is 13.1. The van der Waals surface area contributed by atoms with Gasteiger partial charge in [-0.1, -0.05) is 23.7 Å². The maximum Gasteiger partial charge on any atom is 0.257 e. The van der Waals surface area contributed by atoms with Crippen LogP contribution in [0.25, 0.3) is 0 Å². The molecule has 33 heavy (non-hydrogen) atoms. The highest BCUT2D eigenvalue weighted by Crippen LogP contribution is 2.65. The molecule has 9 heteroatoms. The molecule has 1 saturated carbocycles. The predicted octanol–water partition coefficient (Wildman–Crippen LogP) is 6.27. The van der Waals surface area contributed by atoms with Gasteiger partial charge >= 0.3 is 0 Å². The fraction of sp³-hybridized carbons (Fsp3) is 0.167. The van der Waals surface area contributed by atoms with Crippen LogP contribution in [0.1, 0.15) is 21.8 Å². The summed E-state index contributed by atoms with van der Waals surface area (Å²) in [5, 5.41) is 5.59. The lowest BCUT2D eigenvalue weighted by atomic mass is 10.1. The molecule has 0 radical (unpaired) electrons. The molecule has 0 heterocycles. The lowest BCUT2D eigenvalue weighted by Crippen LogP contribution is -2.18. The zero-order valence-electron chi connectivity index (χ0n) is 17.2. The van der Waals surface area contributed by atoms with Crippen molar-refractivity contribution in [3.63, 3.8) is 0 Å². The monoisotopic (exact) mass is 506 g/mol. The Morgan fingerprint density at radius 2 is 1.58 bits per heavy atom. The average molecular weight is 508 g/mol. The molecule has 0 saturated heterocycles. The molecular weight excluding hydrogens is 490 g/mol. The van der Waals surface area contributed by atoms with Gasteiger partial charge in [-0.3, -0.25) is 9.59 Å². The lowest BCUT2D eigenvalue weighted by Gasteiger charge is -2.10. The molecule has 0 aromatic heterocycles. The van der Waals surface area contributed by atoms with Crippen molar-refractivity contribution in [2.45, 2.75) is 10.3 Å². The number of rotatable bonds is 6. The van der Waals surface area contributed by atoms with Crippen molar-refractivity contribution >= 4 is 58.0 Å². The number of nitrogens with one attached hydrogen (secondary N) is 2. The van der Waals surface area contributed by atoms with E-state index in [0.29, 0.717) is 17.1 Å². The molecule has 1 aliphatic carbocycles. The molecule has 0 spiro atoms. The van der Waals surface area contributed by atoms with E-state index in [1.54, 1.807) is 25.3 Å². The van der Waals surface area contributed by atoms with Crippen molar-refractivity contribution in [1.82, 2.24) is 0 Å². The highest BCUT2D eigenvalue weighted by atomic mass is 35.5. The standard InChI is InChI=1S/C24H18Cl3FN2O3/c1-33-17-9-2-13(3-10-17)20-21(24(20,26)27)23(32)30-16-8-11-19(25)18(12-16)22(31)29-15-6-4-14(28)5-7-15/h2-12,20-21H,1H3,(H,29,31)(H,30,32). The van der Waals surface area contributed by atoms with Crippen LogP contribution in [0, 0.1) is 11.7 Å². The molecule has 0 aliphatic heterocycles. The number of carbonyl (C=O) groups excluding carboxylic acids is 2. The van der Waals surface area contributed by atoms with Crippen LogP contribution in [0.2, 0.25) is 5.02 Å². The first kappa shape index (κ1) is 23.4. The fourth-order valence-corrected chi connectivity index (χ4v) is 4.64. The number of alkyl halides is 2. The summed E-state index contributed by atoms with van der Waals surface area (Å²) < 4.78 is 17.0. The van der Waals surface area contributed by atoms with E-state index in [-0.39, 0.29) is 22.4 Å². The van der Waals surface area contributed by atoms with Gasteiger partial charge in [0.05, 0.1) is 23.6 Å². The number of amides is 2. The zero-order valence-corrected chi connectivity index (χ0v) is 19.5. The number of halogens is 4. The largest absolute Gasteiger partial charge is 0.497 e. The number of hydrogen-bond acceptors (Lipinski definition) is 3. The number of carbonyl (C=O) groups is 2. The van der Waals surface area contributed by atoms with Crippen LogP contribution in [0.5, 0.6) is 5.75 Å². The predicted molar refractivity (Wildman–Crippen MR) is 128 cm³/mol. The molecule has 2 atom stereocenters. The maximum atomic E-state index is 13.1. The first-order valence-electron chi connectivity index (χ1n) is 9.90. The summed E-state index contributed by atoms with van der Waals surface area (Å²) in [5.41, 5.74) is 1.72. The van der Waals surface area contributed by atoms with Crippen LogP contribution in [0.15, 0.2) is 66.7 Å². The van der Waals surface area contributed by atoms with Gasteiger partial charge in [-0.05, 0) is 60.2 Å². The molecule has 2 unspecified atom stereocenters. The lowest BCUT2D eigenvalue weighted by molar-refractivity contribution is -0.117. The molecule has 3 aromatic rings. The SMILES string of the molecule is COc1ccc(C2C(C(=O)Nc3ccc(Cl)c(C(=O)Nc4ccc(F)cc4)c3)C2(Cl)Cl)cc1. The first-order chi connectivity index (χ1) is 15.7. The van der Waals surface area contributed by atoms with Crippen LogP contribution in [-0.2, 0) is 4.79 Å². The Morgan fingerprint density at radius 3 is 2.21 bits per heavy atom. The van der Waals surface area contributed by atoms with Gasteiger partial charge in [0.25, 0.3) is 5.91 Å². The van der Waals surface area contributed by atoms with Gasteiger partial charge < -0.3 is 15.4 Å². The van der Waals surface area contributed by atoms with E-state index in [9.17, 15) is 14.0 Å². The van der Waals surface area contributed by atoms with Crippen LogP contribution in [0.4, 0.5) is 15.8 Å². The molecule has 2 N–H and O–H groups in total. The van der Waals surface area contributed by atoms with E-state index in [1.165, 1.54) is 36.4 Å². The van der Waals surface area contributed by atoms with Crippen LogP contribution >= 0.6 is 34.8 Å². The Morgan fingerprint density at radius 1 is 0.939 bits per heavy atom. The fourth-order valence-electron chi connectivity index (χ4n) is 3.61.